The van der Waals surface area contributed by atoms with E-state index in [4.69, 9.17) is 16.3 Å². The number of aromatic nitrogens is 2. The lowest BCUT2D eigenvalue weighted by Crippen LogP contribution is -2.35. The van der Waals surface area contributed by atoms with Gasteiger partial charge in [-0.1, -0.05) is 54.1 Å². The number of ether oxygens (including phenoxy) is 1. The van der Waals surface area contributed by atoms with Gasteiger partial charge in [0.25, 0.3) is 5.56 Å². The van der Waals surface area contributed by atoms with Crippen molar-refractivity contribution in [1.29, 1.82) is 0 Å². The molecule has 0 aliphatic carbocycles. The maximum absolute atomic E-state index is 12.8. The molecule has 3 aromatic rings. The maximum atomic E-state index is 12.8. The van der Waals surface area contributed by atoms with Gasteiger partial charge in [0.2, 0.25) is 0 Å². The second kappa shape index (κ2) is 8.07. The molecule has 1 aromatic heterocycles. The first-order valence-electron chi connectivity index (χ1n) is 10.2. The number of hydrogen-bond donors (Lipinski definition) is 0. The Balaban J connectivity index is 1.41. The Morgan fingerprint density at radius 2 is 1.84 bits per heavy atom. The summed E-state index contributed by atoms with van der Waals surface area (Å²) in [6.45, 7) is 2.62. The van der Waals surface area contributed by atoms with Crippen LogP contribution in [0.1, 0.15) is 16.7 Å². The molecule has 1 saturated heterocycles. The predicted octanol–water partition coefficient (Wildman–Crippen LogP) is 3.46. The number of carbonyl (C=O) groups is 1. The van der Waals surface area contributed by atoms with E-state index in [0.29, 0.717) is 38.5 Å². The molecule has 2 aromatic carbocycles. The molecule has 0 saturated carbocycles. The molecule has 5 rings (SSSR count). The molecule has 1 amide bonds. The first-order chi connectivity index (χ1) is 15.1. The second-order valence-electron chi connectivity index (χ2n) is 7.64. The van der Waals surface area contributed by atoms with E-state index >= 15 is 0 Å². The van der Waals surface area contributed by atoms with Crippen molar-refractivity contribution < 1.29 is 9.53 Å². The number of carbonyl (C=O) groups excluding carboxylic acids is 1. The van der Waals surface area contributed by atoms with E-state index in [1.54, 1.807) is 11.1 Å². The quantitative estimate of drug-likeness (QED) is 0.626. The average molecular weight is 437 g/mol. The normalized spacial score (nSPS) is 15.7. The number of rotatable bonds is 4. The third kappa shape index (κ3) is 3.65. The van der Waals surface area contributed by atoms with Crippen LogP contribution in [0.3, 0.4) is 0 Å². The summed E-state index contributed by atoms with van der Waals surface area (Å²) in [6.07, 6.45) is 2.10. The molecule has 0 unspecified atom stereocenters. The van der Waals surface area contributed by atoms with Gasteiger partial charge < -0.3 is 9.64 Å². The summed E-state index contributed by atoms with van der Waals surface area (Å²) in [7, 11) is 0. The summed E-state index contributed by atoms with van der Waals surface area (Å²) in [5.74, 6) is 0. The molecular formula is C23H21ClN4O3. The fourth-order valence-electron chi connectivity index (χ4n) is 4.21. The topological polar surface area (TPSA) is 67.7 Å². The smallest absolute Gasteiger partial charge is 0.414 e. The molecule has 0 atom stereocenters. The van der Waals surface area contributed by atoms with Gasteiger partial charge in [0.05, 0.1) is 30.7 Å². The molecule has 0 N–H and O–H groups in total. The molecule has 1 fully saturated rings. The molecule has 31 heavy (non-hydrogen) atoms. The van der Waals surface area contributed by atoms with Crippen LogP contribution >= 0.6 is 11.6 Å². The van der Waals surface area contributed by atoms with Crippen LogP contribution in [-0.4, -0.2) is 35.6 Å². The molecule has 0 spiro atoms. The van der Waals surface area contributed by atoms with Gasteiger partial charge in [-0.05, 0) is 29.2 Å². The lowest BCUT2D eigenvalue weighted by Gasteiger charge is -2.33. The Kier molecular flexibility index (Phi) is 5.11. The summed E-state index contributed by atoms with van der Waals surface area (Å²) >= 11 is 6.49. The number of benzene rings is 2. The molecule has 2 aliphatic rings. The molecule has 3 heterocycles. The minimum absolute atomic E-state index is 0.175. The van der Waals surface area contributed by atoms with Crippen molar-refractivity contribution >= 4 is 29.1 Å². The molecular weight excluding hydrogens is 416 g/mol. The highest BCUT2D eigenvalue weighted by molar-refractivity contribution is 6.33. The van der Waals surface area contributed by atoms with E-state index in [1.165, 1.54) is 4.68 Å². The van der Waals surface area contributed by atoms with Crippen molar-refractivity contribution in [2.75, 3.05) is 29.5 Å². The lowest BCUT2D eigenvalue weighted by atomic mass is 9.97. The molecule has 0 radical (unpaired) electrons. The zero-order valence-corrected chi connectivity index (χ0v) is 17.6. The van der Waals surface area contributed by atoms with Crippen molar-refractivity contribution in [2.24, 2.45) is 0 Å². The minimum atomic E-state index is -0.303. The number of amides is 1. The van der Waals surface area contributed by atoms with E-state index in [0.717, 1.165) is 28.8 Å². The Morgan fingerprint density at radius 3 is 2.61 bits per heavy atom. The van der Waals surface area contributed by atoms with E-state index in [9.17, 15) is 9.59 Å². The van der Waals surface area contributed by atoms with E-state index in [2.05, 4.69) is 10.00 Å². The van der Waals surface area contributed by atoms with Gasteiger partial charge in [-0.25, -0.2) is 9.48 Å². The summed E-state index contributed by atoms with van der Waals surface area (Å²) in [6, 6.07) is 15.6. The zero-order chi connectivity index (χ0) is 21.4. The van der Waals surface area contributed by atoms with E-state index in [1.807, 2.05) is 48.5 Å². The monoisotopic (exact) mass is 436 g/mol. The highest BCUT2D eigenvalue weighted by Crippen LogP contribution is 2.33. The fourth-order valence-corrected chi connectivity index (χ4v) is 4.47. The Labute approximate surface area is 184 Å². The minimum Gasteiger partial charge on any atom is -0.447 e. The molecule has 0 bridgehead atoms. The molecule has 158 valence electrons. The Morgan fingerprint density at radius 1 is 1.00 bits per heavy atom. The zero-order valence-electron chi connectivity index (χ0n) is 16.8. The number of cyclic esters (lactones) is 1. The van der Waals surface area contributed by atoms with Crippen molar-refractivity contribution in [3.05, 3.63) is 86.8 Å². The summed E-state index contributed by atoms with van der Waals surface area (Å²) in [4.78, 5) is 28.6. The first kappa shape index (κ1) is 19.6. The largest absolute Gasteiger partial charge is 0.447 e. The van der Waals surface area contributed by atoms with Crippen LogP contribution in [0.15, 0.2) is 59.5 Å². The van der Waals surface area contributed by atoms with Gasteiger partial charge >= 0.3 is 6.09 Å². The van der Waals surface area contributed by atoms with Crippen molar-refractivity contribution in [2.45, 2.75) is 19.5 Å². The standard InChI is InChI=1S/C23H21ClN4O3/c24-21-20(13-25-28(22(21)29)14-16-5-2-1-3-6-16)26-10-9-18-17(15-26)7-4-8-19(18)27-11-12-31-23(27)30/h1-8,13H,9-12,14-15H2. The third-order valence-corrected chi connectivity index (χ3v) is 6.13. The van der Waals surface area contributed by atoms with Crippen LogP contribution in [0.25, 0.3) is 0 Å². The number of hydrogen-bond acceptors (Lipinski definition) is 5. The second-order valence-corrected chi connectivity index (χ2v) is 8.02. The number of halogens is 1. The summed E-state index contributed by atoms with van der Waals surface area (Å²) < 4.78 is 6.48. The fraction of sp³-hybridized carbons (Fsp3) is 0.261. The van der Waals surface area contributed by atoms with Crippen LogP contribution in [0, 0.1) is 0 Å². The van der Waals surface area contributed by atoms with E-state index in [-0.39, 0.29) is 16.7 Å². The van der Waals surface area contributed by atoms with Crippen LogP contribution < -0.4 is 15.4 Å². The van der Waals surface area contributed by atoms with Gasteiger partial charge in [-0.2, -0.15) is 5.10 Å². The molecule has 7 nitrogen and oxygen atoms in total. The number of fused-ring (bicyclic) bond motifs is 1. The number of anilines is 2. The summed E-state index contributed by atoms with van der Waals surface area (Å²) in [5, 5.41) is 4.54. The molecule has 8 heteroatoms. The SMILES string of the molecule is O=C1OCCN1c1cccc2c1CCN(c1cnn(Cc3ccccc3)c(=O)c1Cl)C2. The Bertz CT molecular complexity index is 1200. The van der Waals surface area contributed by atoms with Crippen molar-refractivity contribution in [3.63, 3.8) is 0 Å². The molecule has 2 aliphatic heterocycles. The van der Waals surface area contributed by atoms with E-state index < -0.39 is 0 Å². The third-order valence-electron chi connectivity index (χ3n) is 5.78. The van der Waals surface area contributed by atoms with Gasteiger partial charge in [0.15, 0.2) is 0 Å². The lowest BCUT2D eigenvalue weighted by molar-refractivity contribution is 0.181. The predicted molar refractivity (Wildman–Crippen MR) is 119 cm³/mol. The first-order valence-corrected chi connectivity index (χ1v) is 10.6. The van der Waals surface area contributed by atoms with Gasteiger partial charge in [0.1, 0.15) is 11.6 Å². The highest BCUT2D eigenvalue weighted by Gasteiger charge is 2.29. The average Bonchev–Trinajstić information content (AvgIpc) is 3.22. The van der Waals surface area contributed by atoms with Crippen LogP contribution in [0.4, 0.5) is 16.2 Å². The van der Waals surface area contributed by atoms with Crippen LogP contribution in [-0.2, 0) is 24.2 Å². The van der Waals surface area contributed by atoms with Gasteiger partial charge in [-0.15, -0.1) is 0 Å². The van der Waals surface area contributed by atoms with Gasteiger partial charge in [-0.3, -0.25) is 9.69 Å². The highest BCUT2D eigenvalue weighted by atomic mass is 35.5. The maximum Gasteiger partial charge on any atom is 0.414 e. The summed E-state index contributed by atoms with van der Waals surface area (Å²) in [5.41, 5.74) is 4.46. The van der Waals surface area contributed by atoms with Crippen LogP contribution in [0.2, 0.25) is 5.02 Å². The van der Waals surface area contributed by atoms with Crippen LogP contribution in [0.5, 0.6) is 0 Å². The van der Waals surface area contributed by atoms with Gasteiger partial charge in [0, 0.05) is 13.1 Å². The van der Waals surface area contributed by atoms with Crippen molar-refractivity contribution in [1.82, 2.24) is 9.78 Å². The number of nitrogens with zero attached hydrogens (tertiary/aromatic N) is 4. The Hall–Kier alpha value is -3.32. The van der Waals surface area contributed by atoms with Crippen molar-refractivity contribution in [3.8, 4) is 0 Å².